The first-order valence-electron chi connectivity index (χ1n) is 7.23. The van der Waals surface area contributed by atoms with E-state index in [1.807, 2.05) is 0 Å². The minimum Gasteiger partial charge on any atom is -0.490 e. The Labute approximate surface area is 155 Å². The van der Waals surface area contributed by atoms with Crippen LogP contribution in [0.1, 0.15) is 5.56 Å². The second-order valence-electron chi connectivity index (χ2n) is 5.12. The first-order chi connectivity index (χ1) is 12.6. The quantitative estimate of drug-likeness (QED) is 0.572. The van der Waals surface area contributed by atoms with Crippen molar-refractivity contribution >= 4 is 28.9 Å². The van der Waals surface area contributed by atoms with E-state index in [1.54, 1.807) is 0 Å². The number of rotatable bonds is 6. The fraction of sp³-hybridized carbons (Fsp3) is 0.188. The molecular formula is C16H12ClF3N2O5. The number of anilines is 1. The molecule has 0 saturated heterocycles. The minimum atomic E-state index is -4.59. The molecule has 0 aliphatic rings. The predicted octanol–water partition coefficient (Wildman–Crippen LogP) is 4.29. The van der Waals surface area contributed by atoms with Gasteiger partial charge in [0.25, 0.3) is 5.91 Å². The molecule has 0 atom stereocenters. The Morgan fingerprint density at radius 1 is 1.26 bits per heavy atom. The molecule has 0 fully saturated rings. The summed E-state index contributed by atoms with van der Waals surface area (Å²) >= 11 is 5.79. The Hall–Kier alpha value is -3.01. The highest BCUT2D eigenvalue weighted by molar-refractivity contribution is 6.33. The highest BCUT2D eigenvalue weighted by Crippen LogP contribution is 2.34. The average molecular weight is 405 g/mol. The van der Waals surface area contributed by atoms with Crippen LogP contribution in [0.15, 0.2) is 36.4 Å². The van der Waals surface area contributed by atoms with Gasteiger partial charge in [0.05, 0.1) is 28.3 Å². The molecule has 0 aromatic heterocycles. The monoisotopic (exact) mass is 404 g/mol. The molecule has 0 saturated carbocycles. The average Bonchev–Trinajstić information content (AvgIpc) is 2.60. The van der Waals surface area contributed by atoms with Gasteiger partial charge in [-0.3, -0.25) is 14.9 Å². The molecular weight excluding hydrogens is 393 g/mol. The molecule has 1 N–H and O–H groups in total. The zero-order chi connectivity index (χ0) is 20.2. The van der Waals surface area contributed by atoms with Crippen LogP contribution in [0.5, 0.6) is 11.5 Å². The summed E-state index contributed by atoms with van der Waals surface area (Å²) in [4.78, 5) is 22.1. The van der Waals surface area contributed by atoms with Gasteiger partial charge in [0, 0.05) is 12.1 Å². The Bertz CT molecular complexity index is 874. The van der Waals surface area contributed by atoms with Crippen LogP contribution in [0.2, 0.25) is 5.02 Å². The molecule has 11 heteroatoms. The van der Waals surface area contributed by atoms with Gasteiger partial charge in [-0.15, -0.1) is 0 Å². The van der Waals surface area contributed by atoms with Gasteiger partial charge in [0.1, 0.15) is 5.75 Å². The summed E-state index contributed by atoms with van der Waals surface area (Å²) in [6, 6.07) is 6.11. The topological polar surface area (TPSA) is 90.7 Å². The molecule has 27 heavy (non-hydrogen) atoms. The Kier molecular flexibility index (Phi) is 6.11. The fourth-order valence-electron chi connectivity index (χ4n) is 2.03. The van der Waals surface area contributed by atoms with Crippen LogP contribution in [0.25, 0.3) is 0 Å². The third kappa shape index (κ3) is 5.23. The lowest BCUT2D eigenvalue weighted by atomic mass is 10.2. The van der Waals surface area contributed by atoms with Crippen molar-refractivity contribution < 1.29 is 32.4 Å². The number of carbonyl (C=O) groups is 1. The molecule has 2 rings (SSSR count). The van der Waals surface area contributed by atoms with Crippen LogP contribution < -0.4 is 14.8 Å². The molecule has 0 radical (unpaired) electrons. The number of nitrogens with one attached hydrogen (secondary N) is 1. The van der Waals surface area contributed by atoms with Crippen LogP contribution in [-0.4, -0.2) is 24.5 Å². The maximum absolute atomic E-state index is 12.7. The van der Waals surface area contributed by atoms with Gasteiger partial charge in [-0.05, 0) is 24.3 Å². The second kappa shape index (κ2) is 8.12. The summed E-state index contributed by atoms with van der Waals surface area (Å²) in [6.07, 6.45) is -4.59. The standard InChI is InChI=1S/C16H12ClF3N2O5/c1-26-14-7-10(3-5-13(14)22(24)25)27-8-15(23)21-12-6-9(16(18,19)20)2-4-11(12)17/h2-7H,8H2,1H3,(H,21,23). The summed E-state index contributed by atoms with van der Waals surface area (Å²) in [5.41, 5.74) is -1.48. The fourth-order valence-corrected chi connectivity index (χ4v) is 2.20. The summed E-state index contributed by atoms with van der Waals surface area (Å²) < 4.78 is 48.2. The SMILES string of the molecule is COc1cc(OCC(=O)Nc2cc(C(F)(F)F)ccc2Cl)ccc1[N+](=O)[O-]. The largest absolute Gasteiger partial charge is 0.490 e. The first-order valence-corrected chi connectivity index (χ1v) is 7.61. The number of benzene rings is 2. The molecule has 0 bridgehead atoms. The highest BCUT2D eigenvalue weighted by Gasteiger charge is 2.31. The number of amides is 1. The van der Waals surface area contributed by atoms with Crippen LogP contribution >= 0.6 is 11.6 Å². The van der Waals surface area contributed by atoms with Crippen molar-refractivity contribution in [3.63, 3.8) is 0 Å². The van der Waals surface area contributed by atoms with Crippen LogP contribution in [0.4, 0.5) is 24.5 Å². The highest BCUT2D eigenvalue weighted by atomic mass is 35.5. The molecule has 7 nitrogen and oxygen atoms in total. The lowest BCUT2D eigenvalue weighted by Gasteiger charge is -2.12. The number of nitro groups is 1. The van der Waals surface area contributed by atoms with E-state index < -0.39 is 29.2 Å². The Morgan fingerprint density at radius 3 is 2.56 bits per heavy atom. The van der Waals surface area contributed by atoms with Gasteiger partial charge in [-0.25, -0.2) is 0 Å². The number of alkyl halides is 3. The number of nitro benzene ring substituents is 1. The number of hydrogen-bond acceptors (Lipinski definition) is 5. The normalized spacial score (nSPS) is 11.0. The van der Waals surface area contributed by atoms with Gasteiger partial charge in [-0.1, -0.05) is 11.6 Å². The van der Waals surface area contributed by atoms with Crippen molar-refractivity contribution in [2.24, 2.45) is 0 Å². The molecule has 0 heterocycles. The van der Waals surface area contributed by atoms with Gasteiger partial charge < -0.3 is 14.8 Å². The summed E-state index contributed by atoms with van der Waals surface area (Å²) in [7, 11) is 1.23. The molecule has 0 spiro atoms. The number of halogens is 4. The zero-order valence-electron chi connectivity index (χ0n) is 13.7. The van der Waals surface area contributed by atoms with Gasteiger partial charge >= 0.3 is 11.9 Å². The van der Waals surface area contributed by atoms with Crippen molar-refractivity contribution in [2.75, 3.05) is 19.0 Å². The smallest absolute Gasteiger partial charge is 0.416 e. The van der Waals surface area contributed by atoms with E-state index in [9.17, 15) is 28.1 Å². The Balaban J connectivity index is 2.06. The summed E-state index contributed by atoms with van der Waals surface area (Å²) in [5.74, 6) is -0.741. The van der Waals surface area contributed by atoms with E-state index in [0.29, 0.717) is 6.07 Å². The second-order valence-corrected chi connectivity index (χ2v) is 5.53. The molecule has 0 unspecified atom stereocenters. The van der Waals surface area contributed by atoms with E-state index in [1.165, 1.54) is 19.2 Å². The lowest BCUT2D eigenvalue weighted by molar-refractivity contribution is -0.385. The third-order valence-corrected chi connectivity index (χ3v) is 3.62. The summed E-state index contributed by atoms with van der Waals surface area (Å²) in [6.45, 7) is -0.562. The number of hydrogen-bond donors (Lipinski definition) is 1. The van der Waals surface area contributed by atoms with E-state index in [-0.39, 0.29) is 27.9 Å². The van der Waals surface area contributed by atoms with E-state index in [2.05, 4.69) is 5.32 Å². The first kappa shape index (κ1) is 20.3. The van der Waals surface area contributed by atoms with Crippen molar-refractivity contribution in [1.29, 1.82) is 0 Å². The maximum atomic E-state index is 12.7. The number of carbonyl (C=O) groups excluding carboxylic acids is 1. The molecule has 1 amide bonds. The number of nitrogens with zero attached hydrogens (tertiary/aromatic N) is 1. The molecule has 2 aromatic carbocycles. The van der Waals surface area contributed by atoms with Crippen molar-refractivity contribution in [3.8, 4) is 11.5 Å². The van der Waals surface area contributed by atoms with Crippen LogP contribution in [0.3, 0.4) is 0 Å². The van der Waals surface area contributed by atoms with E-state index >= 15 is 0 Å². The number of methoxy groups -OCH3 is 1. The van der Waals surface area contributed by atoms with Crippen molar-refractivity contribution in [2.45, 2.75) is 6.18 Å². The maximum Gasteiger partial charge on any atom is 0.416 e. The van der Waals surface area contributed by atoms with E-state index in [4.69, 9.17) is 21.1 Å². The van der Waals surface area contributed by atoms with Gasteiger partial charge in [0.15, 0.2) is 6.61 Å². The predicted molar refractivity (Wildman–Crippen MR) is 90.2 cm³/mol. The molecule has 0 aliphatic carbocycles. The molecule has 2 aromatic rings. The zero-order valence-corrected chi connectivity index (χ0v) is 14.4. The van der Waals surface area contributed by atoms with Crippen molar-refractivity contribution in [3.05, 3.63) is 57.1 Å². The van der Waals surface area contributed by atoms with Crippen LogP contribution in [0, 0.1) is 10.1 Å². The van der Waals surface area contributed by atoms with Crippen molar-refractivity contribution in [1.82, 2.24) is 0 Å². The number of ether oxygens (including phenoxy) is 2. The summed E-state index contributed by atoms with van der Waals surface area (Å²) in [5, 5.41) is 13.0. The van der Waals surface area contributed by atoms with Gasteiger partial charge in [-0.2, -0.15) is 13.2 Å². The van der Waals surface area contributed by atoms with Crippen LogP contribution in [-0.2, 0) is 11.0 Å². The minimum absolute atomic E-state index is 0.0705. The molecule has 144 valence electrons. The lowest BCUT2D eigenvalue weighted by Crippen LogP contribution is -2.20. The molecule has 0 aliphatic heterocycles. The Morgan fingerprint density at radius 2 is 1.96 bits per heavy atom. The van der Waals surface area contributed by atoms with Gasteiger partial charge in [0.2, 0.25) is 5.75 Å². The van der Waals surface area contributed by atoms with E-state index in [0.717, 1.165) is 18.2 Å². The third-order valence-electron chi connectivity index (χ3n) is 3.29.